The Bertz CT molecular complexity index is 451. The molecule has 2 rings (SSSR count). The number of halogens is 1. The third-order valence-electron chi connectivity index (χ3n) is 3.47. The maximum Gasteiger partial charge on any atom is 0.338 e. The Hall–Kier alpha value is -1.17. The van der Waals surface area contributed by atoms with E-state index >= 15 is 0 Å². The molecule has 0 aliphatic carbocycles. The minimum Gasteiger partial charge on any atom is -0.459 e. The fourth-order valence-corrected chi connectivity index (χ4v) is 3.32. The average molecular weight is 371 g/mol. The van der Waals surface area contributed by atoms with E-state index < -0.39 is 0 Å². The average Bonchev–Trinajstić information content (AvgIpc) is 2.55. The molecule has 22 heavy (non-hydrogen) atoms. The van der Waals surface area contributed by atoms with Gasteiger partial charge in [0.25, 0.3) is 0 Å². The molecule has 0 aromatic heterocycles. The fourth-order valence-electron chi connectivity index (χ4n) is 2.45. The Morgan fingerprint density at radius 3 is 2.59 bits per heavy atom. The van der Waals surface area contributed by atoms with E-state index in [1.54, 1.807) is 19.2 Å². The highest BCUT2D eigenvalue weighted by Gasteiger charge is 2.36. The van der Waals surface area contributed by atoms with E-state index in [1.165, 1.54) is 0 Å². The number of rotatable bonds is 4. The second-order valence-electron chi connectivity index (χ2n) is 4.96. The van der Waals surface area contributed by atoms with Gasteiger partial charge in [-0.2, -0.15) is 0 Å². The van der Waals surface area contributed by atoms with Crippen LogP contribution >= 0.6 is 15.9 Å². The Kier molecular flexibility index (Phi) is 8.38. The molecule has 4 nitrogen and oxygen atoms in total. The Balaban J connectivity index is 0.00000116. The van der Waals surface area contributed by atoms with Crippen molar-refractivity contribution >= 4 is 21.9 Å². The van der Waals surface area contributed by atoms with Crippen LogP contribution in [-0.4, -0.2) is 36.9 Å². The summed E-state index contributed by atoms with van der Waals surface area (Å²) >= 11 is 3.46. The van der Waals surface area contributed by atoms with Crippen molar-refractivity contribution < 1.29 is 19.0 Å². The molecule has 1 fully saturated rings. The van der Waals surface area contributed by atoms with Crippen molar-refractivity contribution in [2.24, 2.45) is 5.92 Å². The zero-order valence-electron chi connectivity index (χ0n) is 13.0. The lowest BCUT2D eigenvalue weighted by Crippen LogP contribution is -2.46. The van der Waals surface area contributed by atoms with Crippen LogP contribution in [0.3, 0.4) is 0 Å². The van der Waals surface area contributed by atoms with Crippen LogP contribution in [0.2, 0.25) is 0 Å². The van der Waals surface area contributed by atoms with Crippen LogP contribution in [0.5, 0.6) is 0 Å². The maximum absolute atomic E-state index is 11.9. The third-order valence-corrected chi connectivity index (χ3v) is 4.06. The Morgan fingerprint density at radius 2 is 2.00 bits per heavy atom. The molecule has 0 radical (unpaired) electrons. The summed E-state index contributed by atoms with van der Waals surface area (Å²) in [4.78, 5) is 11.9. The first-order valence-electron chi connectivity index (χ1n) is 7.16. The van der Waals surface area contributed by atoms with Gasteiger partial charge in [-0.1, -0.05) is 41.1 Å². The van der Waals surface area contributed by atoms with E-state index in [1.807, 2.05) is 18.2 Å². The molecule has 1 aromatic carbocycles. The first-order chi connectivity index (χ1) is 10.6. The second kappa shape index (κ2) is 9.77. The first-order valence-corrected chi connectivity index (χ1v) is 8.08. The van der Waals surface area contributed by atoms with Crippen LogP contribution < -0.4 is 0 Å². The van der Waals surface area contributed by atoms with E-state index in [0.29, 0.717) is 11.5 Å². The molecule has 4 atom stereocenters. The Labute approximate surface area is 140 Å². The van der Waals surface area contributed by atoms with Gasteiger partial charge in [0.2, 0.25) is 0 Å². The van der Waals surface area contributed by atoms with Crippen molar-refractivity contribution in [1.82, 2.24) is 0 Å². The fraction of sp³-hybridized carbons (Fsp3) is 0.471. The van der Waals surface area contributed by atoms with Crippen LogP contribution in [0, 0.1) is 5.92 Å². The third kappa shape index (κ3) is 5.23. The molecule has 0 spiro atoms. The summed E-state index contributed by atoms with van der Waals surface area (Å²) in [5, 5.41) is -0.0238. The molecule has 1 saturated heterocycles. The van der Waals surface area contributed by atoms with Crippen molar-refractivity contribution in [3.8, 4) is 0 Å². The van der Waals surface area contributed by atoms with Gasteiger partial charge in [-0.25, -0.2) is 4.79 Å². The molecule has 1 heterocycles. The number of carbonyl (C=O) groups excluding carboxylic acids is 1. The van der Waals surface area contributed by atoms with E-state index in [-0.39, 0.29) is 29.8 Å². The summed E-state index contributed by atoms with van der Waals surface area (Å²) in [5.41, 5.74) is 0.542. The zero-order chi connectivity index (χ0) is 16.5. The molecule has 0 unspecified atom stereocenters. The summed E-state index contributed by atoms with van der Waals surface area (Å²) in [6.45, 7) is 8.30. The first kappa shape index (κ1) is 18.9. The molecule has 0 amide bonds. The predicted octanol–water partition coefficient (Wildman–Crippen LogP) is 3.81. The number of benzene rings is 1. The summed E-state index contributed by atoms with van der Waals surface area (Å²) in [7, 11) is 1.66. The SMILES string of the molecule is C=C.CO[C@H]1[C@H](C)C[C@@H](Br)O[C@@H]1COC(=O)c1ccccc1. The lowest BCUT2D eigenvalue weighted by Gasteiger charge is -2.37. The molecule has 0 N–H and O–H groups in total. The van der Waals surface area contributed by atoms with Gasteiger partial charge >= 0.3 is 5.97 Å². The highest BCUT2D eigenvalue weighted by molar-refractivity contribution is 9.09. The van der Waals surface area contributed by atoms with Gasteiger partial charge < -0.3 is 14.2 Å². The second-order valence-corrected chi connectivity index (χ2v) is 5.98. The predicted molar refractivity (Wildman–Crippen MR) is 90.1 cm³/mol. The van der Waals surface area contributed by atoms with Gasteiger partial charge in [-0.05, 0) is 24.5 Å². The van der Waals surface area contributed by atoms with Crippen molar-refractivity contribution in [1.29, 1.82) is 0 Å². The number of esters is 1. The van der Waals surface area contributed by atoms with Crippen molar-refractivity contribution in [3.63, 3.8) is 0 Å². The van der Waals surface area contributed by atoms with Crippen molar-refractivity contribution in [2.75, 3.05) is 13.7 Å². The normalized spacial score (nSPS) is 27.4. The van der Waals surface area contributed by atoms with Crippen LogP contribution in [0.15, 0.2) is 43.5 Å². The molecule has 1 aliphatic heterocycles. The summed E-state index contributed by atoms with van der Waals surface area (Å²) in [6.07, 6.45) is 0.565. The largest absolute Gasteiger partial charge is 0.459 e. The van der Waals surface area contributed by atoms with E-state index in [9.17, 15) is 4.79 Å². The number of hydrogen-bond donors (Lipinski definition) is 0. The Morgan fingerprint density at radius 1 is 1.36 bits per heavy atom. The van der Waals surface area contributed by atoms with Crippen molar-refractivity contribution in [2.45, 2.75) is 30.6 Å². The smallest absolute Gasteiger partial charge is 0.338 e. The summed E-state index contributed by atoms with van der Waals surface area (Å²) in [6, 6.07) is 8.94. The molecule has 1 aromatic rings. The monoisotopic (exact) mass is 370 g/mol. The van der Waals surface area contributed by atoms with Crippen LogP contribution in [0.25, 0.3) is 0 Å². The molecular formula is C17H23BrO4. The highest BCUT2D eigenvalue weighted by atomic mass is 79.9. The number of carbonyl (C=O) groups is 1. The van der Waals surface area contributed by atoms with Gasteiger partial charge in [0.15, 0.2) is 0 Å². The number of hydrogen-bond acceptors (Lipinski definition) is 4. The van der Waals surface area contributed by atoms with Gasteiger partial charge in [0.05, 0.1) is 11.7 Å². The molecular weight excluding hydrogens is 348 g/mol. The van der Waals surface area contributed by atoms with Crippen LogP contribution in [0.4, 0.5) is 0 Å². The minimum atomic E-state index is -0.339. The van der Waals surface area contributed by atoms with Crippen LogP contribution in [0.1, 0.15) is 23.7 Å². The van der Waals surface area contributed by atoms with Crippen LogP contribution in [-0.2, 0) is 14.2 Å². The molecule has 0 saturated carbocycles. The van der Waals surface area contributed by atoms with Gasteiger partial charge in [-0.15, -0.1) is 13.2 Å². The quantitative estimate of drug-likeness (QED) is 0.459. The highest BCUT2D eigenvalue weighted by Crippen LogP contribution is 2.30. The molecule has 0 bridgehead atoms. The summed E-state index contributed by atoms with van der Waals surface area (Å²) < 4.78 is 16.6. The summed E-state index contributed by atoms with van der Waals surface area (Å²) in [5.74, 6) is 0.00644. The molecule has 122 valence electrons. The van der Waals surface area contributed by atoms with Gasteiger partial charge in [-0.3, -0.25) is 0 Å². The van der Waals surface area contributed by atoms with E-state index in [2.05, 4.69) is 36.0 Å². The topological polar surface area (TPSA) is 44.8 Å². The lowest BCUT2D eigenvalue weighted by atomic mass is 9.94. The minimum absolute atomic E-state index is 0.0238. The van der Waals surface area contributed by atoms with Gasteiger partial charge in [0, 0.05) is 7.11 Å². The molecule has 1 aliphatic rings. The standard InChI is InChI=1S/C15H19BrO4.C2H4/c1-10-8-13(16)20-12(14(10)18-2)9-19-15(17)11-6-4-3-5-7-11;1-2/h3-7,10,12-14H,8-9H2,1-2H3;1-2H2/t10-,12-,13+,14+;/m1./s1. The maximum atomic E-state index is 11.9. The number of methoxy groups -OCH3 is 1. The number of ether oxygens (including phenoxy) is 3. The lowest BCUT2D eigenvalue weighted by molar-refractivity contribution is -0.141. The number of alkyl halides is 1. The molecule has 5 heteroatoms. The van der Waals surface area contributed by atoms with E-state index in [0.717, 1.165) is 6.42 Å². The van der Waals surface area contributed by atoms with Gasteiger partial charge in [0.1, 0.15) is 17.7 Å². The van der Waals surface area contributed by atoms with E-state index in [4.69, 9.17) is 14.2 Å². The van der Waals surface area contributed by atoms with Crippen molar-refractivity contribution in [3.05, 3.63) is 49.1 Å². The zero-order valence-corrected chi connectivity index (χ0v) is 14.6.